The number of methoxy groups -OCH3 is 1. The highest BCUT2D eigenvalue weighted by Gasteiger charge is 2.14. The maximum Gasteiger partial charge on any atom is 0.255 e. The van der Waals surface area contributed by atoms with Crippen molar-refractivity contribution in [2.45, 2.75) is 12.8 Å². The van der Waals surface area contributed by atoms with Gasteiger partial charge in [-0.15, -0.1) is 0 Å². The molecule has 1 aliphatic rings. The number of ether oxygens (including phenoxy) is 1. The molecule has 1 aromatic heterocycles. The quantitative estimate of drug-likeness (QED) is 0.749. The van der Waals surface area contributed by atoms with E-state index in [4.69, 9.17) is 4.74 Å². The van der Waals surface area contributed by atoms with E-state index < -0.39 is 0 Å². The lowest BCUT2D eigenvalue weighted by atomic mass is 10.2. The molecule has 132 valence electrons. The standard InChI is InChI=1S/C18H23N5O2/c1-25-15-7-3-2-6-14(15)18(24)20-9-8-19-16-12-17(22-13-21-16)23-10-4-5-11-23/h2-3,6-7,12-13H,4-5,8-11H2,1H3,(H,20,24)(H,19,21,22). The van der Waals surface area contributed by atoms with Gasteiger partial charge in [-0.3, -0.25) is 4.79 Å². The van der Waals surface area contributed by atoms with Gasteiger partial charge in [0.05, 0.1) is 12.7 Å². The summed E-state index contributed by atoms with van der Waals surface area (Å²) in [4.78, 5) is 23.0. The number of anilines is 2. The normalized spacial score (nSPS) is 13.6. The Hall–Kier alpha value is -2.83. The van der Waals surface area contributed by atoms with Gasteiger partial charge in [0, 0.05) is 32.2 Å². The molecule has 1 aliphatic heterocycles. The van der Waals surface area contributed by atoms with Crippen molar-refractivity contribution in [3.8, 4) is 5.75 Å². The third-order valence-electron chi connectivity index (χ3n) is 4.15. The molecule has 0 aliphatic carbocycles. The summed E-state index contributed by atoms with van der Waals surface area (Å²) in [5, 5.41) is 6.10. The summed E-state index contributed by atoms with van der Waals surface area (Å²) in [6.45, 7) is 3.16. The predicted octanol–water partition coefficient (Wildman–Crippen LogP) is 1.93. The van der Waals surface area contributed by atoms with E-state index >= 15 is 0 Å². The van der Waals surface area contributed by atoms with Crippen molar-refractivity contribution in [1.82, 2.24) is 15.3 Å². The number of benzene rings is 1. The van der Waals surface area contributed by atoms with Crippen molar-refractivity contribution in [3.63, 3.8) is 0 Å². The van der Waals surface area contributed by atoms with Gasteiger partial charge in [0.1, 0.15) is 23.7 Å². The van der Waals surface area contributed by atoms with Gasteiger partial charge in [-0.05, 0) is 25.0 Å². The highest BCUT2D eigenvalue weighted by Crippen LogP contribution is 2.19. The second-order valence-corrected chi connectivity index (χ2v) is 5.84. The number of carbonyl (C=O) groups is 1. The second kappa shape index (κ2) is 8.32. The van der Waals surface area contributed by atoms with E-state index in [2.05, 4.69) is 25.5 Å². The first kappa shape index (κ1) is 17.0. The molecule has 7 nitrogen and oxygen atoms in total. The zero-order chi connectivity index (χ0) is 17.5. The third kappa shape index (κ3) is 4.37. The van der Waals surface area contributed by atoms with Crippen LogP contribution < -0.4 is 20.3 Å². The summed E-state index contributed by atoms with van der Waals surface area (Å²) in [5.74, 6) is 2.13. The average Bonchev–Trinajstić information content (AvgIpc) is 3.20. The number of aromatic nitrogens is 2. The Kier molecular flexibility index (Phi) is 5.66. The Labute approximate surface area is 147 Å². The summed E-state index contributed by atoms with van der Waals surface area (Å²) < 4.78 is 5.21. The number of nitrogens with one attached hydrogen (secondary N) is 2. The lowest BCUT2D eigenvalue weighted by molar-refractivity contribution is 0.0952. The van der Waals surface area contributed by atoms with Crippen LogP contribution in [-0.4, -0.2) is 49.2 Å². The molecule has 0 radical (unpaired) electrons. The maximum atomic E-state index is 12.2. The lowest BCUT2D eigenvalue weighted by Gasteiger charge is -2.16. The predicted molar refractivity (Wildman–Crippen MR) is 97.3 cm³/mol. The Bertz CT molecular complexity index is 716. The van der Waals surface area contributed by atoms with Crippen LogP contribution in [-0.2, 0) is 0 Å². The van der Waals surface area contributed by atoms with E-state index in [1.165, 1.54) is 12.8 Å². The van der Waals surface area contributed by atoms with Crippen LogP contribution in [0.3, 0.4) is 0 Å². The Morgan fingerprint density at radius 3 is 2.80 bits per heavy atom. The van der Waals surface area contributed by atoms with Gasteiger partial charge in [0.2, 0.25) is 0 Å². The molecule has 0 saturated carbocycles. The third-order valence-corrected chi connectivity index (χ3v) is 4.15. The van der Waals surface area contributed by atoms with Gasteiger partial charge in [-0.1, -0.05) is 12.1 Å². The number of rotatable bonds is 7. The molecule has 1 amide bonds. The van der Waals surface area contributed by atoms with Gasteiger partial charge in [0.15, 0.2) is 0 Å². The Morgan fingerprint density at radius 2 is 2.00 bits per heavy atom. The molecule has 0 unspecified atom stereocenters. The van der Waals surface area contributed by atoms with Gasteiger partial charge in [-0.2, -0.15) is 0 Å². The first-order valence-electron chi connectivity index (χ1n) is 8.50. The van der Waals surface area contributed by atoms with E-state index in [1.807, 2.05) is 18.2 Å². The summed E-state index contributed by atoms with van der Waals surface area (Å²) in [6, 6.07) is 9.12. The molecule has 7 heteroatoms. The van der Waals surface area contributed by atoms with Gasteiger partial charge in [-0.25, -0.2) is 9.97 Å². The van der Waals surface area contributed by atoms with Crippen molar-refractivity contribution in [1.29, 1.82) is 0 Å². The summed E-state index contributed by atoms with van der Waals surface area (Å²) in [7, 11) is 1.56. The topological polar surface area (TPSA) is 79.4 Å². The van der Waals surface area contributed by atoms with Gasteiger partial charge < -0.3 is 20.3 Å². The Balaban J connectivity index is 1.48. The highest BCUT2D eigenvalue weighted by molar-refractivity contribution is 5.96. The fourth-order valence-electron chi connectivity index (χ4n) is 2.86. The molecule has 0 spiro atoms. The van der Waals surface area contributed by atoms with Crippen LogP contribution in [0.4, 0.5) is 11.6 Å². The highest BCUT2D eigenvalue weighted by atomic mass is 16.5. The Morgan fingerprint density at radius 1 is 1.20 bits per heavy atom. The molecule has 1 fully saturated rings. The van der Waals surface area contributed by atoms with Crippen LogP contribution in [0.15, 0.2) is 36.7 Å². The summed E-state index contributed by atoms with van der Waals surface area (Å²) in [5.41, 5.74) is 0.531. The van der Waals surface area contributed by atoms with Crippen LogP contribution in [0.2, 0.25) is 0 Å². The second-order valence-electron chi connectivity index (χ2n) is 5.84. The fraction of sp³-hybridized carbons (Fsp3) is 0.389. The summed E-state index contributed by atoms with van der Waals surface area (Å²) in [6.07, 6.45) is 3.99. The zero-order valence-electron chi connectivity index (χ0n) is 14.4. The molecule has 25 heavy (non-hydrogen) atoms. The molecule has 3 rings (SSSR count). The van der Waals surface area contributed by atoms with Crippen LogP contribution in [0.1, 0.15) is 23.2 Å². The van der Waals surface area contributed by atoms with Crippen molar-refractivity contribution in [3.05, 3.63) is 42.2 Å². The first-order valence-corrected chi connectivity index (χ1v) is 8.50. The molecular weight excluding hydrogens is 318 g/mol. The zero-order valence-corrected chi connectivity index (χ0v) is 14.4. The molecule has 2 heterocycles. The maximum absolute atomic E-state index is 12.2. The number of hydrogen-bond donors (Lipinski definition) is 2. The van der Waals surface area contributed by atoms with Gasteiger partial charge >= 0.3 is 0 Å². The van der Waals surface area contributed by atoms with E-state index in [9.17, 15) is 4.79 Å². The van der Waals surface area contributed by atoms with Crippen LogP contribution in [0.25, 0.3) is 0 Å². The van der Waals surface area contributed by atoms with E-state index in [1.54, 1.807) is 25.6 Å². The molecule has 1 saturated heterocycles. The van der Waals surface area contributed by atoms with E-state index in [0.717, 1.165) is 24.7 Å². The van der Waals surface area contributed by atoms with Crippen molar-refractivity contribution in [2.75, 3.05) is 43.5 Å². The van der Waals surface area contributed by atoms with Crippen LogP contribution >= 0.6 is 0 Å². The number of para-hydroxylation sites is 1. The van der Waals surface area contributed by atoms with E-state index in [0.29, 0.717) is 24.4 Å². The fourth-order valence-corrected chi connectivity index (χ4v) is 2.86. The van der Waals surface area contributed by atoms with Crippen LogP contribution in [0.5, 0.6) is 5.75 Å². The number of amides is 1. The van der Waals surface area contributed by atoms with Crippen molar-refractivity contribution in [2.24, 2.45) is 0 Å². The van der Waals surface area contributed by atoms with Crippen molar-refractivity contribution < 1.29 is 9.53 Å². The minimum atomic E-state index is -0.153. The SMILES string of the molecule is COc1ccccc1C(=O)NCCNc1cc(N2CCCC2)ncn1. The molecular formula is C18H23N5O2. The smallest absolute Gasteiger partial charge is 0.255 e. The van der Waals surface area contributed by atoms with Crippen molar-refractivity contribution >= 4 is 17.5 Å². The van der Waals surface area contributed by atoms with Gasteiger partial charge in [0.25, 0.3) is 5.91 Å². The van der Waals surface area contributed by atoms with E-state index in [-0.39, 0.29) is 5.91 Å². The molecule has 1 aromatic carbocycles. The average molecular weight is 341 g/mol. The summed E-state index contributed by atoms with van der Waals surface area (Å²) >= 11 is 0. The molecule has 0 atom stereocenters. The first-order chi connectivity index (χ1) is 12.3. The molecule has 0 bridgehead atoms. The van der Waals surface area contributed by atoms with Crippen LogP contribution in [0, 0.1) is 0 Å². The minimum Gasteiger partial charge on any atom is -0.496 e. The largest absolute Gasteiger partial charge is 0.496 e. The minimum absolute atomic E-state index is 0.153. The monoisotopic (exact) mass is 341 g/mol. The molecule has 2 aromatic rings. The lowest BCUT2D eigenvalue weighted by Crippen LogP contribution is -2.29. The number of carbonyl (C=O) groups excluding carboxylic acids is 1. The molecule has 2 N–H and O–H groups in total. The number of hydrogen-bond acceptors (Lipinski definition) is 6. The number of nitrogens with zero attached hydrogens (tertiary/aromatic N) is 3.